The number of carbonyl (C=O) groups is 1. The molecule has 0 aromatic rings. The van der Waals surface area contributed by atoms with Gasteiger partial charge in [0.1, 0.15) is 0 Å². The Morgan fingerprint density at radius 3 is 2.22 bits per heavy atom. The Morgan fingerprint density at radius 1 is 1.17 bits per heavy atom. The highest BCUT2D eigenvalue weighted by Crippen LogP contribution is 2.39. The largest absolute Gasteiger partial charge is 0.391 e. The van der Waals surface area contributed by atoms with E-state index >= 15 is 0 Å². The van der Waals surface area contributed by atoms with E-state index in [0.717, 1.165) is 0 Å². The lowest BCUT2D eigenvalue weighted by Gasteiger charge is -2.35. The minimum Gasteiger partial charge on any atom is -0.381 e. The standard InChI is InChI=1S/C15H25F3N2O2.ClH/c16-15(17,18)12-3-1-11(2-4-12)9-20-13(21)14(10-19)5-7-22-8-6-14;/h11-12H,1-10,19H2,(H,20,21);1H. The lowest BCUT2D eigenvalue weighted by molar-refractivity contribution is -0.183. The monoisotopic (exact) mass is 358 g/mol. The van der Waals surface area contributed by atoms with Crippen LogP contribution in [0.15, 0.2) is 0 Å². The van der Waals surface area contributed by atoms with Crippen LogP contribution in [0.2, 0.25) is 0 Å². The molecule has 0 unspecified atom stereocenters. The smallest absolute Gasteiger partial charge is 0.381 e. The fourth-order valence-corrected chi connectivity index (χ4v) is 3.40. The highest BCUT2D eigenvalue weighted by molar-refractivity contribution is 5.85. The fourth-order valence-electron chi connectivity index (χ4n) is 3.40. The van der Waals surface area contributed by atoms with E-state index in [0.29, 0.717) is 45.4 Å². The van der Waals surface area contributed by atoms with Crippen molar-refractivity contribution in [1.29, 1.82) is 0 Å². The summed E-state index contributed by atoms with van der Waals surface area (Å²) in [6.07, 6.45) is -1.50. The molecule has 1 aliphatic heterocycles. The maximum atomic E-state index is 12.6. The number of nitrogens with one attached hydrogen (secondary N) is 1. The molecule has 1 aliphatic carbocycles. The van der Waals surface area contributed by atoms with Gasteiger partial charge in [0.2, 0.25) is 5.91 Å². The molecule has 1 saturated carbocycles. The van der Waals surface area contributed by atoms with Gasteiger partial charge >= 0.3 is 6.18 Å². The van der Waals surface area contributed by atoms with E-state index in [9.17, 15) is 18.0 Å². The average molecular weight is 359 g/mol. The van der Waals surface area contributed by atoms with Gasteiger partial charge in [0.05, 0.1) is 11.3 Å². The summed E-state index contributed by atoms with van der Waals surface area (Å²) in [6, 6.07) is 0. The van der Waals surface area contributed by atoms with Gasteiger partial charge in [-0.15, -0.1) is 12.4 Å². The van der Waals surface area contributed by atoms with E-state index in [1.54, 1.807) is 0 Å². The second kappa shape index (κ2) is 8.53. The Balaban J connectivity index is 0.00000264. The maximum Gasteiger partial charge on any atom is 0.391 e. The van der Waals surface area contributed by atoms with Crippen LogP contribution in [0.25, 0.3) is 0 Å². The Kier molecular flexibility index (Phi) is 7.61. The van der Waals surface area contributed by atoms with Gasteiger partial charge in [-0.1, -0.05) is 0 Å². The summed E-state index contributed by atoms with van der Waals surface area (Å²) < 4.78 is 43.2. The van der Waals surface area contributed by atoms with Crippen molar-refractivity contribution < 1.29 is 22.7 Å². The number of hydrogen-bond acceptors (Lipinski definition) is 3. The third-order valence-corrected chi connectivity index (χ3v) is 5.18. The van der Waals surface area contributed by atoms with Crippen molar-refractivity contribution in [3.63, 3.8) is 0 Å². The minimum absolute atomic E-state index is 0. The van der Waals surface area contributed by atoms with Crippen LogP contribution in [0, 0.1) is 17.3 Å². The number of nitrogens with two attached hydrogens (primary N) is 1. The third-order valence-electron chi connectivity index (χ3n) is 5.18. The van der Waals surface area contributed by atoms with E-state index in [4.69, 9.17) is 10.5 Å². The predicted octanol–water partition coefficient (Wildman–Crippen LogP) is 2.65. The molecule has 0 aromatic heterocycles. The molecule has 23 heavy (non-hydrogen) atoms. The van der Waals surface area contributed by atoms with Crippen LogP contribution < -0.4 is 11.1 Å². The van der Waals surface area contributed by atoms with Crippen molar-refractivity contribution in [1.82, 2.24) is 5.32 Å². The second-order valence-electron chi connectivity index (χ2n) is 6.57. The van der Waals surface area contributed by atoms with Crippen LogP contribution in [0.3, 0.4) is 0 Å². The zero-order chi connectivity index (χ0) is 16.2. The van der Waals surface area contributed by atoms with Crippen molar-refractivity contribution in [2.45, 2.75) is 44.7 Å². The molecule has 0 spiro atoms. The van der Waals surface area contributed by atoms with Crippen molar-refractivity contribution in [2.75, 3.05) is 26.3 Å². The van der Waals surface area contributed by atoms with Gasteiger partial charge in [0.25, 0.3) is 0 Å². The zero-order valence-electron chi connectivity index (χ0n) is 13.2. The molecular weight excluding hydrogens is 333 g/mol. The first kappa shape index (κ1) is 20.5. The SMILES string of the molecule is Cl.NCC1(C(=O)NCC2CCC(C(F)(F)F)CC2)CCOCC1. The van der Waals surface area contributed by atoms with Crippen LogP contribution in [0.5, 0.6) is 0 Å². The highest BCUT2D eigenvalue weighted by Gasteiger charge is 2.42. The number of alkyl halides is 3. The van der Waals surface area contributed by atoms with Gasteiger partial charge in [-0.25, -0.2) is 0 Å². The molecule has 2 fully saturated rings. The normalized spacial score (nSPS) is 27.8. The van der Waals surface area contributed by atoms with Crippen LogP contribution in [-0.4, -0.2) is 38.4 Å². The number of rotatable bonds is 4. The minimum atomic E-state index is -4.08. The lowest BCUT2D eigenvalue weighted by atomic mass is 9.78. The molecule has 1 heterocycles. The van der Waals surface area contributed by atoms with E-state index in [-0.39, 0.29) is 43.6 Å². The van der Waals surface area contributed by atoms with E-state index < -0.39 is 17.5 Å². The first-order valence-corrected chi connectivity index (χ1v) is 8.00. The number of ether oxygens (including phenoxy) is 1. The topological polar surface area (TPSA) is 64.4 Å². The Hall–Kier alpha value is -0.530. The Labute approximate surface area is 141 Å². The van der Waals surface area contributed by atoms with Gasteiger partial charge in [0, 0.05) is 26.3 Å². The molecule has 3 N–H and O–H groups in total. The molecule has 0 radical (unpaired) electrons. The summed E-state index contributed by atoms with van der Waals surface area (Å²) in [6.45, 7) is 1.79. The van der Waals surface area contributed by atoms with E-state index in [1.807, 2.05) is 0 Å². The molecule has 0 bridgehead atoms. The molecule has 136 valence electrons. The van der Waals surface area contributed by atoms with Crippen LogP contribution >= 0.6 is 12.4 Å². The molecule has 0 atom stereocenters. The van der Waals surface area contributed by atoms with Crippen molar-refractivity contribution >= 4 is 18.3 Å². The predicted molar refractivity (Wildman–Crippen MR) is 83.3 cm³/mol. The molecule has 2 aliphatic rings. The number of amides is 1. The van der Waals surface area contributed by atoms with Crippen molar-refractivity contribution in [3.05, 3.63) is 0 Å². The Morgan fingerprint density at radius 2 is 1.74 bits per heavy atom. The second-order valence-corrected chi connectivity index (χ2v) is 6.57. The first-order valence-electron chi connectivity index (χ1n) is 8.00. The molecule has 1 amide bonds. The van der Waals surface area contributed by atoms with Crippen molar-refractivity contribution in [2.24, 2.45) is 23.0 Å². The average Bonchev–Trinajstić information content (AvgIpc) is 2.52. The summed E-state index contributed by atoms with van der Waals surface area (Å²) in [4.78, 5) is 12.4. The molecular formula is C15H26ClF3N2O2. The van der Waals surface area contributed by atoms with Gasteiger partial charge < -0.3 is 15.8 Å². The molecule has 8 heteroatoms. The molecule has 4 nitrogen and oxygen atoms in total. The van der Waals surface area contributed by atoms with Crippen molar-refractivity contribution in [3.8, 4) is 0 Å². The summed E-state index contributed by atoms with van der Waals surface area (Å²) in [5, 5.41) is 2.91. The summed E-state index contributed by atoms with van der Waals surface area (Å²) in [5.41, 5.74) is 5.20. The van der Waals surface area contributed by atoms with Gasteiger partial charge in [-0.3, -0.25) is 4.79 Å². The highest BCUT2D eigenvalue weighted by atomic mass is 35.5. The van der Waals surface area contributed by atoms with Gasteiger partial charge in [0.15, 0.2) is 0 Å². The van der Waals surface area contributed by atoms with Gasteiger partial charge in [-0.2, -0.15) is 13.2 Å². The maximum absolute atomic E-state index is 12.6. The van der Waals surface area contributed by atoms with Crippen LogP contribution in [0.1, 0.15) is 38.5 Å². The number of halogens is 4. The molecule has 0 aromatic carbocycles. The fraction of sp³-hybridized carbons (Fsp3) is 0.933. The third kappa shape index (κ3) is 5.22. The molecule has 2 rings (SSSR count). The zero-order valence-corrected chi connectivity index (χ0v) is 14.0. The molecule has 1 saturated heterocycles. The van der Waals surface area contributed by atoms with E-state index in [2.05, 4.69) is 5.32 Å². The summed E-state index contributed by atoms with van der Waals surface area (Å²) in [7, 11) is 0. The summed E-state index contributed by atoms with van der Waals surface area (Å²) in [5.74, 6) is -1.11. The van der Waals surface area contributed by atoms with E-state index in [1.165, 1.54) is 0 Å². The lowest BCUT2D eigenvalue weighted by Crippen LogP contribution is -2.50. The van der Waals surface area contributed by atoms with Crippen LogP contribution in [0.4, 0.5) is 13.2 Å². The van der Waals surface area contributed by atoms with Crippen LogP contribution in [-0.2, 0) is 9.53 Å². The first-order chi connectivity index (χ1) is 10.4. The quantitative estimate of drug-likeness (QED) is 0.812. The number of carbonyl (C=O) groups excluding carboxylic acids is 1. The van der Waals surface area contributed by atoms with Gasteiger partial charge in [-0.05, 0) is 44.4 Å². The number of hydrogen-bond donors (Lipinski definition) is 2. The summed E-state index contributed by atoms with van der Waals surface area (Å²) >= 11 is 0. The Bertz CT molecular complexity index is 379.